The maximum absolute atomic E-state index is 11.9. The van der Waals surface area contributed by atoms with Gasteiger partial charge in [-0.15, -0.1) is 23.2 Å². The van der Waals surface area contributed by atoms with Crippen molar-refractivity contribution in [2.24, 2.45) is 5.10 Å². The lowest BCUT2D eigenvalue weighted by molar-refractivity contribution is 0.0955. The van der Waals surface area contributed by atoms with E-state index in [0.29, 0.717) is 17.3 Å². The van der Waals surface area contributed by atoms with Crippen LogP contribution in [0, 0.1) is 6.92 Å². The summed E-state index contributed by atoms with van der Waals surface area (Å²) < 4.78 is 0. The zero-order valence-corrected chi connectivity index (χ0v) is 15.5. The molecule has 25 heavy (non-hydrogen) atoms. The summed E-state index contributed by atoms with van der Waals surface area (Å²) in [6, 6.07) is 9.40. The summed E-state index contributed by atoms with van der Waals surface area (Å²) in [5.74, 6) is 0.785. The Kier molecular flexibility index (Phi) is 7.70. The van der Waals surface area contributed by atoms with E-state index in [9.17, 15) is 4.79 Å². The second-order valence-electron chi connectivity index (χ2n) is 5.35. The number of carbonyl (C=O) groups is 1. The third kappa shape index (κ3) is 5.73. The zero-order valence-electron chi connectivity index (χ0n) is 14.0. The average Bonchev–Trinajstić information content (AvgIpc) is 2.63. The van der Waals surface area contributed by atoms with Crippen LogP contribution in [0.5, 0.6) is 0 Å². The van der Waals surface area contributed by atoms with Crippen molar-refractivity contribution in [3.8, 4) is 0 Å². The number of anilines is 1. The van der Waals surface area contributed by atoms with Crippen molar-refractivity contribution in [3.05, 3.63) is 59.4 Å². The second-order valence-corrected chi connectivity index (χ2v) is 6.10. The molecule has 0 saturated heterocycles. The van der Waals surface area contributed by atoms with E-state index in [1.165, 1.54) is 6.20 Å². The lowest BCUT2D eigenvalue weighted by Crippen LogP contribution is -2.27. The summed E-state index contributed by atoms with van der Waals surface area (Å²) in [6.07, 6.45) is 4.73. The predicted octanol–water partition coefficient (Wildman–Crippen LogP) is 3.44. The van der Waals surface area contributed by atoms with Crippen LogP contribution in [0.4, 0.5) is 5.69 Å². The molecule has 0 aliphatic rings. The van der Waals surface area contributed by atoms with Gasteiger partial charge in [-0.2, -0.15) is 5.10 Å². The Morgan fingerprint density at radius 2 is 2.04 bits per heavy atom. The summed E-state index contributed by atoms with van der Waals surface area (Å²) >= 11 is 11.7. The third-order valence-electron chi connectivity index (χ3n) is 3.62. The van der Waals surface area contributed by atoms with Crippen LogP contribution >= 0.6 is 23.2 Å². The maximum atomic E-state index is 11.9. The SMILES string of the molecule is Cc1cc(N(CCCl)CCCl)ccc1/C=N\NC(=O)c1cccnc1. The molecule has 0 bridgehead atoms. The van der Waals surface area contributed by atoms with Crippen LogP contribution in [-0.4, -0.2) is 42.0 Å². The molecular weight excluding hydrogens is 359 g/mol. The number of amides is 1. The molecule has 1 amide bonds. The third-order valence-corrected chi connectivity index (χ3v) is 3.96. The lowest BCUT2D eigenvalue weighted by Gasteiger charge is -2.23. The Bertz CT molecular complexity index is 716. The molecule has 0 aliphatic carbocycles. The van der Waals surface area contributed by atoms with Gasteiger partial charge in [0.25, 0.3) is 5.91 Å². The van der Waals surface area contributed by atoms with Crippen LogP contribution in [0.3, 0.4) is 0 Å². The minimum atomic E-state index is -0.297. The molecule has 132 valence electrons. The monoisotopic (exact) mass is 378 g/mol. The zero-order chi connectivity index (χ0) is 18.1. The van der Waals surface area contributed by atoms with E-state index in [1.807, 2.05) is 19.1 Å². The van der Waals surface area contributed by atoms with E-state index in [0.717, 1.165) is 29.9 Å². The van der Waals surface area contributed by atoms with Crippen LogP contribution in [-0.2, 0) is 0 Å². The number of pyridine rings is 1. The Morgan fingerprint density at radius 1 is 1.28 bits per heavy atom. The van der Waals surface area contributed by atoms with Crippen LogP contribution in [0.25, 0.3) is 0 Å². The fourth-order valence-electron chi connectivity index (χ4n) is 2.30. The van der Waals surface area contributed by atoms with E-state index < -0.39 is 0 Å². The van der Waals surface area contributed by atoms with E-state index in [2.05, 4.69) is 26.5 Å². The molecule has 0 radical (unpaired) electrons. The van der Waals surface area contributed by atoms with Gasteiger partial charge in [0.2, 0.25) is 0 Å². The highest BCUT2D eigenvalue weighted by molar-refractivity contribution is 6.18. The Labute approximate surface area is 157 Å². The fraction of sp³-hybridized carbons (Fsp3) is 0.278. The number of hydrazone groups is 1. The van der Waals surface area contributed by atoms with Crippen molar-refractivity contribution < 1.29 is 4.79 Å². The fourth-order valence-corrected chi connectivity index (χ4v) is 2.71. The molecule has 1 aromatic heterocycles. The van der Waals surface area contributed by atoms with Crippen LogP contribution in [0.2, 0.25) is 0 Å². The highest BCUT2D eigenvalue weighted by Crippen LogP contribution is 2.18. The Balaban J connectivity index is 2.04. The largest absolute Gasteiger partial charge is 0.369 e. The van der Waals surface area contributed by atoms with Gasteiger partial charge in [-0.25, -0.2) is 5.43 Å². The first-order valence-electron chi connectivity index (χ1n) is 7.86. The minimum absolute atomic E-state index is 0.297. The average molecular weight is 379 g/mol. The normalized spacial score (nSPS) is 10.8. The van der Waals surface area contributed by atoms with E-state index in [1.54, 1.807) is 24.5 Å². The molecule has 0 saturated carbocycles. The number of nitrogens with one attached hydrogen (secondary N) is 1. The van der Waals surface area contributed by atoms with Crippen molar-refractivity contribution in [1.29, 1.82) is 0 Å². The molecule has 0 atom stereocenters. The summed E-state index contributed by atoms with van der Waals surface area (Å²) in [7, 11) is 0. The van der Waals surface area contributed by atoms with Gasteiger partial charge < -0.3 is 4.90 Å². The number of benzene rings is 1. The van der Waals surface area contributed by atoms with Crippen molar-refractivity contribution in [2.45, 2.75) is 6.92 Å². The first-order valence-corrected chi connectivity index (χ1v) is 8.93. The minimum Gasteiger partial charge on any atom is -0.369 e. The predicted molar refractivity (Wildman–Crippen MR) is 104 cm³/mol. The van der Waals surface area contributed by atoms with E-state index in [-0.39, 0.29) is 5.91 Å². The van der Waals surface area contributed by atoms with Crippen molar-refractivity contribution in [1.82, 2.24) is 10.4 Å². The molecule has 5 nitrogen and oxygen atoms in total. The molecule has 0 unspecified atom stereocenters. The molecule has 7 heteroatoms. The molecule has 0 spiro atoms. The van der Waals surface area contributed by atoms with Crippen molar-refractivity contribution in [2.75, 3.05) is 29.7 Å². The summed E-state index contributed by atoms with van der Waals surface area (Å²) in [5, 5.41) is 4.02. The number of hydrogen-bond acceptors (Lipinski definition) is 4. The molecule has 0 aliphatic heterocycles. The summed E-state index contributed by atoms with van der Waals surface area (Å²) in [4.78, 5) is 18.0. The number of nitrogens with zero attached hydrogens (tertiary/aromatic N) is 3. The van der Waals surface area contributed by atoms with Crippen LogP contribution in [0.1, 0.15) is 21.5 Å². The molecule has 2 aromatic rings. The van der Waals surface area contributed by atoms with Gasteiger partial charge in [-0.3, -0.25) is 9.78 Å². The number of alkyl halides is 2. The molecule has 0 fully saturated rings. The van der Waals surface area contributed by atoms with Gasteiger partial charge in [-0.05, 0) is 42.3 Å². The number of rotatable bonds is 8. The molecular formula is C18H20Cl2N4O. The van der Waals surface area contributed by atoms with Crippen molar-refractivity contribution in [3.63, 3.8) is 0 Å². The van der Waals surface area contributed by atoms with Crippen molar-refractivity contribution >= 4 is 41.0 Å². The van der Waals surface area contributed by atoms with Gasteiger partial charge in [0.15, 0.2) is 0 Å². The number of carbonyl (C=O) groups excluding carboxylic acids is 1. The first kappa shape index (κ1) is 19.2. The number of aromatic nitrogens is 1. The molecule has 2 rings (SSSR count). The smallest absolute Gasteiger partial charge is 0.272 e. The molecule has 1 N–H and O–H groups in total. The highest BCUT2D eigenvalue weighted by atomic mass is 35.5. The van der Waals surface area contributed by atoms with E-state index >= 15 is 0 Å². The van der Waals surface area contributed by atoms with Crippen LogP contribution in [0.15, 0.2) is 47.8 Å². The van der Waals surface area contributed by atoms with E-state index in [4.69, 9.17) is 23.2 Å². The summed E-state index contributed by atoms with van der Waals surface area (Å²) in [6.45, 7) is 3.47. The second kappa shape index (κ2) is 10.0. The van der Waals surface area contributed by atoms with Gasteiger partial charge in [0.1, 0.15) is 0 Å². The first-order chi connectivity index (χ1) is 12.2. The maximum Gasteiger partial charge on any atom is 0.272 e. The summed E-state index contributed by atoms with van der Waals surface area (Å²) in [5.41, 5.74) is 6.00. The number of aryl methyl sites for hydroxylation is 1. The van der Waals surface area contributed by atoms with Gasteiger partial charge >= 0.3 is 0 Å². The number of hydrogen-bond donors (Lipinski definition) is 1. The van der Waals surface area contributed by atoms with Gasteiger partial charge in [-0.1, -0.05) is 6.07 Å². The van der Waals surface area contributed by atoms with Crippen LogP contribution < -0.4 is 10.3 Å². The Morgan fingerprint density at radius 3 is 2.64 bits per heavy atom. The topological polar surface area (TPSA) is 57.6 Å². The standard InChI is InChI=1S/C18H20Cl2N4O/c1-14-11-17(24(9-6-19)10-7-20)5-4-15(14)13-22-23-18(25)16-3-2-8-21-12-16/h2-5,8,11-13H,6-7,9-10H2,1H3,(H,23,25)/b22-13-. The lowest BCUT2D eigenvalue weighted by atomic mass is 10.1. The Hall–Kier alpha value is -2.11. The van der Waals surface area contributed by atoms with Gasteiger partial charge in [0.05, 0.1) is 11.8 Å². The molecule has 1 heterocycles. The highest BCUT2D eigenvalue weighted by Gasteiger charge is 2.07. The van der Waals surface area contributed by atoms with Gasteiger partial charge in [0, 0.05) is 42.9 Å². The quantitative estimate of drug-likeness (QED) is 0.434. The number of halogens is 2. The molecule has 1 aromatic carbocycles.